The fraction of sp³-hybridized carbons (Fsp3) is 0.900. The second-order valence-corrected chi connectivity index (χ2v) is 4.06. The third-order valence-electron chi connectivity index (χ3n) is 2.92. The van der Waals surface area contributed by atoms with Crippen LogP contribution in [0.4, 0.5) is 4.79 Å². The van der Waals surface area contributed by atoms with E-state index >= 15 is 0 Å². The van der Waals surface area contributed by atoms with Crippen LogP contribution in [0.25, 0.3) is 0 Å². The number of likely N-dealkylation sites (tertiary alicyclic amines) is 1. The zero-order valence-corrected chi connectivity index (χ0v) is 9.82. The Kier molecular flexibility index (Phi) is 4.84. The fourth-order valence-corrected chi connectivity index (χ4v) is 1.81. The molecule has 88 valence electrons. The highest BCUT2D eigenvalue weighted by molar-refractivity contribution is 5.74. The van der Waals surface area contributed by atoms with Crippen LogP contribution < -0.4 is 5.32 Å². The molecule has 1 heterocycles. The number of carbonyl (C=O) groups excluding carboxylic acids is 1. The zero-order valence-electron chi connectivity index (χ0n) is 9.82. The number of piperidine rings is 1. The van der Waals surface area contributed by atoms with Gasteiger partial charge in [-0.05, 0) is 33.0 Å². The largest absolute Gasteiger partial charge is 0.364 e. The van der Waals surface area contributed by atoms with Crippen LogP contribution in [0, 0.1) is 0 Å². The van der Waals surface area contributed by atoms with Crippen molar-refractivity contribution in [3.05, 3.63) is 0 Å². The number of nitrogens with one attached hydrogen (secondary N) is 1. The molecular weight excluding hydrogens is 194 g/mol. The number of nitrogens with zero attached hydrogens (tertiary/aromatic N) is 2. The van der Waals surface area contributed by atoms with Crippen LogP contribution >= 0.6 is 0 Å². The van der Waals surface area contributed by atoms with Gasteiger partial charge in [0.2, 0.25) is 0 Å². The van der Waals surface area contributed by atoms with Gasteiger partial charge in [-0.1, -0.05) is 0 Å². The Morgan fingerprint density at radius 2 is 2.13 bits per heavy atom. The summed E-state index contributed by atoms with van der Waals surface area (Å²) in [6, 6.07) is 0.310. The summed E-state index contributed by atoms with van der Waals surface area (Å²) >= 11 is 0. The molecule has 1 N–H and O–H groups in total. The normalized spacial score (nSPS) is 18.9. The molecule has 0 unspecified atom stereocenters. The van der Waals surface area contributed by atoms with Crippen LogP contribution in [-0.4, -0.2) is 62.9 Å². The van der Waals surface area contributed by atoms with E-state index in [1.807, 2.05) is 7.05 Å². The standard InChI is InChI=1S/C10H21N3O2/c1-12-6-4-9(5-7-12)13(2)10(14)11-8-15-3/h9H,4-8H2,1-3H3,(H,11,14). The number of amides is 2. The van der Waals surface area contributed by atoms with Crippen LogP contribution in [-0.2, 0) is 4.74 Å². The third-order valence-corrected chi connectivity index (χ3v) is 2.92. The minimum Gasteiger partial charge on any atom is -0.364 e. The first-order valence-corrected chi connectivity index (χ1v) is 5.33. The minimum absolute atomic E-state index is 0.0496. The molecule has 0 aromatic carbocycles. The molecule has 0 saturated carbocycles. The molecule has 0 spiro atoms. The summed E-state index contributed by atoms with van der Waals surface area (Å²) in [4.78, 5) is 15.7. The highest BCUT2D eigenvalue weighted by atomic mass is 16.5. The van der Waals surface area contributed by atoms with Gasteiger partial charge in [-0.15, -0.1) is 0 Å². The summed E-state index contributed by atoms with van der Waals surface area (Å²) in [5.74, 6) is 0. The second-order valence-electron chi connectivity index (χ2n) is 4.06. The molecule has 1 saturated heterocycles. The van der Waals surface area contributed by atoms with E-state index in [1.165, 1.54) is 0 Å². The Bertz CT molecular complexity index is 203. The van der Waals surface area contributed by atoms with Gasteiger partial charge in [-0.2, -0.15) is 0 Å². The molecule has 5 nitrogen and oxygen atoms in total. The number of ether oxygens (including phenoxy) is 1. The maximum Gasteiger partial charge on any atom is 0.319 e. The Hall–Kier alpha value is -0.810. The first-order valence-electron chi connectivity index (χ1n) is 5.33. The molecule has 0 bridgehead atoms. The maximum absolute atomic E-state index is 11.6. The van der Waals surface area contributed by atoms with E-state index < -0.39 is 0 Å². The number of carbonyl (C=O) groups is 1. The van der Waals surface area contributed by atoms with Gasteiger partial charge in [0.05, 0.1) is 0 Å². The molecule has 0 aromatic rings. The van der Waals surface area contributed by atoms with Crippen LogP contribution in [0.2, 0.25) is 0 Å². The van der Waals surface area contributed by atoms with E-state index in [4.69, 9.17) is 4.74 Å². The van der Waals surface area contributed by atoms with E-state index in [0.29, 0.717) is 6.04 Å². The number of hydrogen-bond donors (Lipinski definition) is 1. The van der Waals surface area contributed by atoms with Gasteiger partial charge in [0.25, 0.3) is 0 Å². The van der Waals surface area contributed by atoms with Crippen molar-refractivity contribution in [1.29, 1.82) is 0 Å². The molecular formula is C10H21N3O2. The predicted octanol–water partition coefficient (Wildman–Crippen LogP) is 0.326. The van der Waals surface area contributed by atoms with Crippen molar-refractivity contribution in [2.75, 3.05) is 41.0 Å². The second kappa shape index (κ2) is 5.92. The van der Waals surface area contributed by atoms with Gasteiger partial charge < -0.3 is 19.9 Å². The molecule has 1 aliphatic rings. The van der Waals surface area contributed by atoms with Crippen molar-refractivity contribution >= 4 is 6.03 Å². The van der Waals surface area contributed by atoms with Crippen molar-refractivity contribution in [2.24, 2.45) is 0 Å². The quantitative estimate of drug-likeness (QED) is 0.690. The molecule has 0 aliphatic carbocycles. The maximum atomic E-state index is 11.6. The van der Waals surface area contributed by atoms with E-state index in [-0.39, 0.29) is 12.8 Å². The lowest BCUT2D eigenvalue weighted by molar-refractivity contribution is 0.129. The SMILES string of the molecule is COCNC(=O)N(C)C1CCN(C)CC1. The molecule has 1 fully saturated rings. The van der Waals surface area contributed by atoms with E-state index in [0.717, 1.165) is 25.9 Å². The van der Waals surface area contributed by atoms with Crippen molar-refractivity contribution in [3.63, 3.8) is 0 Å². The van der Waals surface area contributed by atoms with Gasteiger partial charge in [0.15, 0.2) is 0 Å². The highest BCUT2D eigenvalue weighted by Gasteiger charge is 2.23. The molecule has 0 radical (unpaired) electrons. The molecule has 0 aromatic heterocycles. The smallest absolute Gasteiger partial charge is 0.319 e. The summed E-state index contributed by atoms with van der Waals surface area (Å²) in [7, 11) is 5.53. The molecule has 2 amide bonds. The van der Waals surface area contributed by atoms with Crippen LogP contribution in [0.15, 0.2) is 0 Å². The van der Waals surface area contributed by atoms with Gasteiger partial charge in [0.1, 0.15) is 6.73 Å². The van der Waals surface area contributed by atoms with Gasteiger partial charge in [0, 0.05) is 20.2 Å². The summed E-state index contributed by atoms with van der Waals surface area (Å²) < 4.78 is 4.80. The predicted molar refractivity (Wildman–Crippen MR) is 58.7 cm³/mol. The molecule has 15 heavy (non-hydrogen) atoms. The average molecular weight is 215 g/mol. The van der Waals surface area contributed by atoms with Crippen LogP contribution in [0.1, 0.15) is 12.8 Å². The Morgan fingerprint density at radius 3 is 2.67 bits per heavy atom. The lowest BCUT2D eigenvalue weighted by atomic mass is 10.0. The van der Waals surface area contributed by atoms with Gasteiger partial charge in [-0.25, -0.2) is 4.79 Å². The lowest BCUT2D eigenvalue weighted by Gasteiger charge is -2.34. The average Bonchev–Trinajstić information content (AvgIpc) is 2.26. The number of hydrogen-bond acceptors (Lipinski definition) is 3. The number of urea groups is 1. The Labute approximate surface area is 91.4 Å². The Morgan fingerprint density at radius 1 is 1.53 bits per heavy atom. The Balaban J connectivity index is 2.32. The van der Waals surface area contributed by atoms with Gasteiger partial charge in [-0.3, -0.25) is 0 Å². The zero-order chi connectivity index (χ0) is 11.3. The van der Waals surface area contributed by atoms with Gasteiger partial charge >= 0.3 is 6.03 Å². The topological polar surface area (TPSA) is 44.8 Å². The first kappa shape index (κ1) is 12.3. The third kappa shape index (κ3) is 3.68. The van der Waals surface area contributed by atoms with E-state index in [9.17, 15) is 4.79 Å². The highest BCUT2D eigenvalue weighted by Crippen LogP contribution is 2.13. The first-order chi connectivity index (χ1) is 7.15. The van der Waals surface area contributed by atoms with Crippen LogP contribution in [0.3, 0.4) is 0 Å². The van der Waals surface area contributed by atoms with Crippen molar-refractivity contribution < 1.29 is 9.53 Å². The number of rotatable bonds is 3. The number of methoxy groups -OCH3 is 1. The van der Waals surface area contributed by atoms with Crippen molar-refractivity contribution in [2.45, 2.75) is 18.9 Å². The van der Waals surface area contributed by atoms with Crippen molar-refractivity contribution in [1.82, 2.24) is 15.1 Å². The van der Waals surface area contributed by atoms with E-state index in [1.54, 1.807) is 12.0 Å². The summed E-state index contributed by atoms with van der Waals surface area (Å²) in [6.45, 7) is 2.40. The van der Waals surface area contributed by atoms with Crippen molar-refractivity contribution in [3.8, 4) is 0 Å². The summed E-state index contributed by atoms with van der Waals surface area (Å²) in [5.41, 5.74) is 0. The summed E-state index contributed by atoms with van der Waals surface area (Å²) in [6.07, 6.45) is 2.10. The molecule has 1 rings (SSSR count). The lowest BCUT2D eigenvalue weighted by Crippen LogP contribution is -2.48. The minimum atomic E-state index is -0.0496. The molecule has 0 atom stereocenters. The molecule has 5 heteroatoms. The fourth-order valence-electron chi connectivity index (χ4n) is 1.81. The van der Waals surface area contributed by atoms with E-state index in [2.05, 4.69) is 17.3 Å². The van der Waals surface area contributed by atoms with Crippen LogP contribution in [0.5, 0.6) is 0 Å². The summed E-state index contributed by atoms with van der Waals surface area (Å²) in [5, 5.41) is 2.69. The molecule has 1 aliphatic heterocycles. The monoisotopic (exact) mass is 215 g/mol.